The molecule has 2 saturated heterocycles. The second-order valence-corrected chi connectivity index (χ2v) is 9.97. The molecule has 32 heavy (non-hydrogen) atoms. The van der Waals surface area contributed by atoms with Crippen molar-refractivity contribution in [3.8, 4) is 11.3 Å². The second-order valence-electron chi connectivity index (χ2n) is 9.03. The number of imidazole rings is 1. The van der Waals surface area contributed by atoms with Gasteiger partial charge in [-0.25, -0.2) is 9.50 Å². The molecule has 2 fully saturated rings. The highest BCUT2D eigenvalue weighted by molar-refractivity contribution is 7.20. The maximum absolute atomic E-state index is 13.0. The number of piperazine rings is 1. The molecular weight excluding hydrogens is 420 g/mol. The van der Waals surface area contributed by atoms with Gasteiger partial charge >= 0.3 is 0 Å². The largest absolute Gasteiger partial charge is 0.347 e. The summed E-state index contributed by atoms with van der Waals surface area (Å²) in [6.07, 6.45) is 5.00. The Morgan fingerprint density at radius 1 is 1.06 bits per heavy atom. The van der Waals surface area contributed by atoms with Crippen molar-refractivity contribution in [2.24, 2.45) is 5.92 Å². The predicted octanol–water partition coefficient (Wildman–Crippen LogP) is 3.54. The molecule has 170 valence electrons. The maximum Gasteiger partial charge on any atom is 0.225 e. The minimum absolute atomic E-state index is 0.154. The van der Waals surface area contributed by atoms with Crippen LogP contribution in [0.2, 0.25) is 0 Å². The zero-order valence-corrected chi connectivity index (χ0v) is 19.9. The Labute approximate surface area is 193 Å². The number of hydrogen-bond acceptors (Lipinski definition) is 6. The number of aromatic nitrogens is 3. The lowest BCUT2D eigenvalue weighted by molar-refractivity contribution is -0.138. The molecule has 7 nitrogen and oxygen atoms in total. The lowest BCUT2D eigenvalue weighted by Gasteiger charge is -2.38. The van der Waals surface area contributed by atoms with Gasteiger partial charge in [0.1, 0.15) is 0 Å². The van der Waals surface area contributed by atoms with Crippen molar-refractivity contribution < 1.29 is 4.79 Å². The number of nitrogens with zero attached hydrogens (tertiary/aromatic N) is 6. The summed E-state index contributed by atoms with van der Waals surface area (Å²) in [4.78, 5) is 25.6. The molecule has 0 spiro atoms. The number of aryl methyl sites for hydroxylation is 1. The van der Waals surface area contributed by atoms with E-state index in [0.29, 0.717) is 5.91 Å². The van der Waals surface area contributed by atoms with Crippen molar-refractivity contribution in [1.82, 2.24) is 24.4 Å². The molecule has 1 amide bonds. The Kier molecular flexibility index (Phi) is 6.15. The smallest absolute Gasteiger partial charge is 0.225 e. The predicted molar refractivity (Wildman–Crippen MR) is 129 cm³/mol. The first kappa shape index (κ1) is 21.4. The second kappa shape index (κ2) is 9.19. The standard InChI is InChI=1S/C24H32N6OS/c1-3-10-27-13-15-28(16-14-27)22(31)20-8-11-29(12-9-20)24-26-30-17-21(25-23(30)32-24)19-6-4-18(2)5-7-19/h4-7,17,20H,3,8-16H2,1-2H3. The minimum Gasteiger partial charge on any atom is -0.347 e. The van der Waals surface area contributed by atoms with Crippen LogP contribution in [-0.2, 0) is 4.79 Å². The summed E-state index contributed by atoms with van der Waals surface area (Å²) >= 11 is 1.63. The van der Waals surface area contributed by atoms with Crippen molar-refractivity contribution in [2.45, 2.75) is 33.1 Å². The normalized spacial score (nSPS) is 18.6. The number of piperidine rings is 1. The zero-order chi connectivity index (χ0) is 22.1. The summed E-state index contributed by atoms with van der Waals surface area (Å²) in [5, 5.41) is 5.79. The Balaban J connectivity index is 1.17. The number of anilines is 1. The van der Waals surface area contributed by atoms with Gasteiger partial charge in [-0.05, 0) is 32.7 Å². The summed E-state index contributed by atoms with van der Waals surface area (Å²) in [7, 11) is 0. The molecule has 0 aliphatic carbocycles. The molecule has 8 heteroatoms. The average Bonchev–Trinajstić information content (AvgIpc) is 3.40. The molecule has 0 saturated carbocycles. The first-order valence-corrected chi connectivity index (χ1v) is 12.6. The highest BCUT2D eigenvalue weighted by Crippen LogP contribution is 2.30. The summed E-state index contributed by atoms with van der Waals surface area (Å²) in [6.45, 7) is 11.0. The Hall–Kier alpha value is -2.45. The fraction of sp³-hybridized carbons (Fsp3) is 0.542. The fourth-order valence-electron chi connectivity index (χ4n) is 4.76. The summed E-state index contributed by atoms with van der Waals surface area (Å²) in [5.41, 5.74) is 3.32. The maximum atomic E-state index is 13.0. The molecule has 0 radical (unpaired) electrons. The molecule has 1 aromatic carbocycles. The monoisotopic (exact) mass is 452 g/mol. The van der Waals surface area contributed by atoms with E-state index in [9.17, 15) is 4.79 Å². The molecule has 0 atom stereocenters. The van der Waals surface area contributed by atoms with Gasteiger partial charge < -0.3 is 9.80 Å². The zero-order valence-electron chi connectivity index (χ0n) is 19.0. The number of rotatable bonds is 5. The van der Waals surface area contributed by atoms with Gasteiger partial charge in [0.25, 0.3) is 0 Å². The van der Waals surface area contributed by atoms with Gasteiger partial charge in [-0.3, -0.25) is 9.69 Å². The molecule has 3 aromatic rings. The fourth-order valence-corrected chi connectivity index (χ4v) is 5.70. The van der Waals surface area contributed by atoms with Crippen LogP contribution in [0.3, 0.4) is 0 Å². The van der Waals surface area contributed by atoms with Crippen LogP contribution in [0, 0.1) is 12.8 Å². The van der Waals surface area contributed by atoms with E-state index in [1.165, 1.54) is 12.0 Å². The van der Waals surface area contributed by atoms with E-state index in [4.69, 9.17) is 10.1 Å². The highest BCUT2D eigenvalue weighted by atomic mass is 32.1. The third kappa shape index (κ3) is 4.38. The van der Waals surface area contributed by atoms with Crippen LogP contribution >= 0.6 is 11.3 Å². The number of fused-ring (bicyclic) bond motifs is 1. The first-order chi connectivity index (χ1) is 15.6. The van der Waals surface area contributed by atoms with Gasteiger partial charge in [-0.2, -0.15) is 0 Å². The Morgan fingerprint density at radius 3 is 2.44 bits per heavy atom. The van der Waals surface area contributed by atoms with Crippen LogP contribution < -0.4 is 4.90 Å². The lowest BCUT2D eigenvalue weighted by Crippen LogP contribution is -2.51. The van der Waals surface area contributed by atoms with Crippen molar-refractivity contribution >= 4 is 27.3 Å². The van der Waals surface area contributed by atoms with E-state index in [2.05, 4.69) is 52.8 Å². The van der Waals surface area contributed by atoms with Crippen LogP contribution in [-0.4, -0.2) is 76.1 Å². The van der Waals surface area contributed by atoms with Crippen LogP contribution in [0.1, 0.15) is 31.7 Å². The molecule has 2 aliphatic rings. The molecule has 0 bridgehead atoms. The van der Waals surface area contributed by atoms with Gasteiger partial charge in [0.2, 0.25) is 16.0 Å². The molecule has 2 aliphatic heterocycles. The van der Waals surface area contributed by atoms with Gasteiger partial charge in [-0.15, -0.1) is 5.10 Å². The molecule has 2 aromatic heterocycles. The van der Waals surface area contributed by atoms with Crippen molar-refractivity contribution in [3.63, 3.8) is 0 Å². The van der Waals surface area contributed by atoms with Crippen LogP contribution in [0.5, 0.6) is 0 Å². The van der Waals surface area contributed by atoms with E-state index < -0.39 is 0 Å². The average molecular weight is 453 g/mol. The highest BCUT2D eigenvalue weighted by Gasteiger charge is 2.31. The lowest BCUT2D eigenvalue weighted by atomic mass is 9.95. The summed E-state index contributed by atoms with van der Waals surface area (Å²) in [5.74, 6) is 0.513. The van der Waals surface area contributed by atoms with Gasteiger partial charge in [0, 0.05) is 50.7 Å². The Bertz CT molecular complexity index is 1030. The van der Waals surface area contributed by atoms with Gasteiger partial charge in [-0.1, -0.05) is 48.1 Å². The minimum atomic E-state index is 0.154. The van der Waals surface area contributed by atoms with Gasteiger partial charge in [0.15, 0.2) is 0 Å². The van der Waals surface area contributed by atoms with E-state index in [1.54, 1.807) is 11.3 Å². The van der Waals surface area contributed by atoms with E-state index >= 15 is 0 Å². The van der Waals surface area contributed by atoms with Crippen molar-refractivity contribution in [3.05, 3.63) is 36.0 Å². The Morgan fingerprint density at radius 2 is 1.78 bits per heavy atom. The number of hydrogen-bond donors (Lipinski definition) is 0. The van der Waals surface area contributed by atoms with Crippen LogP contribution in [0.15, 0.2) is 30.5 Å². The number of carbonyl (C=O) groups is 1. The number of carbonyl (C=O) groups excluding carboxylic acids is 1. The molecule has 5 rings (SSSR count). The number of benzene rings is 1. The topological polar surface area (TPSA) is 57.0 Å². The van der Waals surface area contributed by atoms with Crippen LogP contribution in [0.4, 0.5) is 5.13 Å². The van der Waals surface area contributed by atoms with Crippen molar-refractivity contribution in [1.29, 1.82) is 0 Å². The number of amides is 1. The third-order valence-corrected chi connectivity index (χ3v) is 7.70. The van der Waals surface area contributed by atoms with E-state index in [0.717, 1.165) is 80.0 Å². The molecule has 0 N–H and O–H groups in total. The van der Waals surface area contributed by atoms with E-state index in [1.807, 2.05) is 10.7 Å². The van der Waals surface area contributed by atoms with E-state index in [-0.39, 0.29) is 5.92 Å². The summed E-state index contributed by atoms with van der Waals surface area (Å²) in [6, 6.07) is 8.43. The van der Waals surface area contributed by atoms with Crippen LogP contribution in [0.25, 0.3) is 16.2 Å². The molecule has 0 unspecified atom stereocenters. The van der Waals surface area contributed by atoms with Crippen molar-refractivity contribution in [2.75, 3.05) is 50.7 Å². The third-order valence-electron chi connectivity index (χ3n) is 6.72. The molecule has 4 heterocycles. The van der Waals surface area contributed by atoms with Gasteiger partial charge in [0.05, 0.1) is 11.9 Å². The first-order valence-electron chi connectivity index (χ1n) is 11.8. The summed E-state index contributed by atoms with van der Waals surface area (Å²) < 4.78 is 1.89. The molecular formula is C24H32N6OS. The quantitative estimate of drug-likeness (QED) is 0.593. The SMILES string of the molecule is CCCN1CCN(C(=O)C2CCN(c3nn4cc(-c5ccc(C)cc5)nc4s3)CC2)CC1.